The van der Waals surface area contributed by atoms with Crippen LogP contribution in [0.5, 0.6) is 5.75 Å². The van der Waals surface area contributed by atoms with Crippen LogP contribution in [-0.4, -0.2) is 28.6 Å². The molecule has 1 aromatic heterocycles. The van der Waals surface area contributed by atoms with Crippen molar-refractivity contribution in [2.45, 2.75) is 32.7 Å². The van der Waals surface area contributed by atoms with Crippen LogP contribution in [0.15, 0.2) is 78.9 Å². The molecule has 4 rings (SSSR count). The van der Waals surface area contributed by atoms with Gasteiger partial charge in [-0.15, -0.1) is 0 Å². The number of imidazole rings is 1. The summed E-state index contributed by atoms with van der Waals surface area (Å²) in [7, 11) is 0. The molecule has 5 nitrogen and oxygen atoms in total. The fourth-order valence-corrected chi connectivity index (χ4v) is 3.74. The van der Waals surface area contributed by atoms with E-state index in [-0.39, 0.29) is 5.91 Å². The topological polar surface area (TPSA) is 56.2 Å². The summed E-state index contributed by atoms with van der Waals surface area (Å²) in [6.45, 7) is 4.13. The van der Waals surface area contributed by atoms with Crippen LogP contribution in [0.3, 0.4) is 0 Å². The Bertz CT molecular complexity index is 1150. The Morgan fingerprint density at radius 3 is 2.50 bits per heavy atom. The Labute approximate surface area is 189 Å². The van der Waals surface area contributed by atoms with Gasteiger partial charge in [0, 0.05) is 25.1 Å². The van der Waals surface area contributed by atoms with Gasteiger partial charge in [0.15, 0.2) is 0 Å². The molecule has 1 heterocycles. The number of nitrogens with one attached hydrogen (secondary N) is 1. The van der Waals surface area contributed by atoms with Gasteiger partial charge in [-0.3, -0.25) is 4.79 Å². The number of para-hydroxylation sites is 3. The maximum Gasteiger partial charge on any atom is 0.251 e. The van der Waals surface area contributed by atoms with Crippen molar-refractivity contribution in [1.29, 1.82) is 0 Å². The van der Waals surface area contributed by atoms with Crippen molar-refractivity contribution in [3.8, 4) is 5.75 Å². The molecular weight excluding hydrogens is 398 g/mol. The van der Waals surface area contributed by atoms with E-state index in [9.17, 15) is 4.79 Å². The minimum absolute atomic E-state index is 0.0503. The van der Waals surface area contributed by atoms with Gasteiger partial charge in [0.25, 0.3) is 5.91 Å². The van der Waals surface area contributed by atoms with Gasteiger partial charge in [0.05, 0.1) is 17.6 Å². The molecule has 164 valence electrons. The lowest BCUT2D eigenvalue weighted by Crippen LogP contribution is -2.26. The highest BCUT2D eigenvalue weighted by molar-refractivity contribution is 5.94. The predicted octanol–water partition coefficient (Wildman–Crippen LogP) is 5.18. The number of carbonyl (C=O) groups is 1. The molecule has 0 aliphatic rings. The first-order valence-corrected chi connectivity index (χ1v) is 11.2. The molecule has 0 fully saturated rings. The number of amides is 1. The van der Waals surface area contributed by atoms with Crippen LogP contribution in [0.1, 0.15) is 34.6 Å². The number of unbranched alkanes of at least 4 members (excludes halogenated alkanes) is 1. The summed E-state index contributed by atoms with van der Waals surface area (Å²) < 4.78 is 8.09. The fourth-order valence-electron chi connectivity index (χ4n) is 3.74. The minimum atomic E-state index is -0.0503. The number of carbonyl (C=O) groups excluding carboxylic acids is 1. The van der Waals surface area contributed by atoms with Crippen molar-refractivity contribution in [3.63, 3.8) is 0 Å². The van der Waals surface area contributed by atoms with E-state index in [4.69, 9.17) is 9.72 Å². The van der Waals surface area contributed by atoms with Gasteiger partial charge in [0.1, 0.15) is 11.6 Å². The van der Waals surface area contributed by atoms with Gasteiger partial charge in [-0.25, -0.2) is 4.98 Å². The average Bonchev–Trinajstić information content (AvgIpc) is 3.17. The summed E-state index contributed by atoms with van der Waals surface area (Å²) in [6.07, 6.45) is 2.65. The van der Waals surface area contributed by atoms with Crippen molar-refractivity contribution in [3.05, 3.63) is 95.8 Å². The summed E-state index contributed by atoms with van der Waals surface area (Å²) in [6, 6.07) is 25.7. The molecule has 0 unspecified atom stereocenters. The molecule has 0 aliphatic heterocycles. The monoisotopic (exact) mass is 427 g/mol. The smallest absolute Gasteiger partial charge is 0.251 e. The third-order valence-corrected chi connectivity index (χ3v) is 5.47. The molecule has 3 aromatic carbocycles. The number of hydrogen-bond acceptors (Lipinski definition) is 3. The second-order valence-corrected chi connectivity index (χ2v) is 7.91. The largest absolute Gasteiger partial charge is 0.494 e. The van der Waals surface area contributed by atoms with Crippen LogP contribution in [0, 0.1) is 6.92 Å². The highest BCUT2D eigenvalue weighted by atomic mass is 16.5. The Balaban J connectivity index is 1.33. The van der Waals surface area contributed by atoms with Crippen molar-refractivity contribution >= 4 is 16.9 Å². The lowest BCUT2D eigenvalue weighted by Gasteiger charge is -2.11. The van der Waals surface area contributed by atoms with Gasteiger partial charge in [-0.2, -0.15) is 0 Å². The highest BCUT2D eigenvalue weighted by Crippen LogP contribution is 2.18. The van der Waals surface area contributed by atoms with Crippen molar-refractivity contribution in [2.75, 3.05) is 13.2 Å². The number of rotatable bonds is 10. The summed E-state index contributed by atoms with van der Waals surface area (Å²) in [5.41, 5.74) is 3.95. The Kier molecular flexibility index (Phi) is 7.18. The first-order chi connectivity index (χ1) is 15.7. The average molecular weight is 428 g/mol. The van der Waals surface area contributed by atoms with Crippen molar-refractivity contribution in [1.82, 2.24) is 14.9 Å². The number of fused-ring (bicyclic) bond motifs is 1. The minimum Gasteiger partial charge on any atom is -0.494 e. The van der Waals surface area contributed by atoms with Crippen molar-refractivity contribution < 1.29 is 9.53 Å². The number of benzene rings is 3. The zero-order valence-electron chi connectivity index (χ0n) is 18.5. The zero-order chi connectivity index (χ0) is 22.2. The van der Waals surface area contributed by atoms with Crippen LogP contribution >= 0.6 is 0 Å². The van der Waals surface area contributed by atoms with E-state index in [2.05, 4.69) is 16.0 Å². The third kappa shape index (κ3) is 5.55. The molecule has 0 radical (unpaired) electrons. The molecule has 0 saturated carbocycles. The maximum atomic E-state index is 12.4. The van der Waals surface area contributed by atoms with Crippen molar-refractivity contribution in [2.24, 2.45) is 0 Å². The van der Waals surface area contributed by atoms with E-state index in [1.54, 1.807) is 0 Å². The van der Waals surface area contributed by atoms with Crippen LogP contribution in [0.4, 0.5) is 0 Å². The number of hydrogen-bond donors (Lipinski definition) is 1. The maximum absolute atomic E-state index is 12.4. The molecule has 0 bridgehead atoms. The van der Waals surface area contributed by atoms with E-state index in [0.29, 0.717) is 25.1 Å². The van der Waals surface area contributed by atoms with Crippen LogP contribution < -0.4 is 10.1 Å². The number of nitrogens with zero attached hydrogens (tertiary/aromatic N) is 2. The van der Waals surface area contributed by atoms with E-state index in [1.165, 1.54) is 0 Å². The molecule has 0 saturated heterocycles. The molecule has 0 spiro atoms. The first kappa shape index (κ1) is 21.6. The number of ether oxygens (including phenoxy) is 1. The molecule has 1 amide bonds. The van der Waals surface area contributed by atoms with E-state index < -0.39 is 0 Å². The summed E-state index contributed by atoms with van der Waals surface area (Å²) in [4.78, 5) is 17.2. The second kappa shape index (κ2) is 10.6. The molecule has 32 heavy (non-hydrogen) atoms. The Morgan fingerprint density at radius 2 is 1.69 bits per heavy atom. The summed E-state index contributed by atoms with van der Waals surface area (Å²) in [5, 5.41) is 3.02. The molecular formula is C27H29N3O2. The third-order valence-electron chi connectivity index (χ3n) is 5.47. The van der Waals surface area contributed by atoms with E-state index >= 15 is 0 Å². The SMILES string of the molecule is Cc1ccc(C(=O)NCCc2nc3ccccc3n2CCCCOc2ccccc2)cc1. The van der Waals surface area contributed by atoms with Crippen LogP contribution in [-0.2, 0) is 13.0 Å². The van der Waals surface area contributed by atoms with Gasteiger partial charge in [-0.05, 0) is 56.2 Å². The van der Waals surface area contributed by atoms with E-state index in [0.717, 1.165) is 47.6 Å². The summed E-state index contributed by atoms with van der Waals surface area (Å²) in [5.74, 6) is 1.86. The number of aromatic nitrogens is 2. The molecule has 0 aliphatic carbocycles. The highest BCUT2D eigenvalue weighted by Gasteiger charge is 2.11. The van der Waals surface area contributed by atoms with Gasteiger partial charge < -0.3 is 14.6 Å². The lowest BCUT2D eigenvalue weighted by molar-refractivity contribution is 0.0954. The van der Waals surface area contributed by atoms with Gasteiger partial charge in [-0.1, -0.05) is 48.0 Å². The fraction of sp³-hybridized carbons (Fsp3) is 0.259. The van der Waals surface area contributed by atoms with Gasteiger partial charge in [0.2, 0.25) is 0 Å². The van der Waals surface area contributed by atoms with Gasteiger partial charge >= 0.3 is 0 Å². The standard InChI is InChI=1S/C27H29N3O2/c1-21-13-15-22(16-14-21)27(31)28-18-17-26-29-24-11-5-6-12-25(24)30(26)19-7-8-20-32-23-9-3-2-4-10-23/h2-6,9-16H,7-8,17-20H2,1H3,(H,28,31). The lowest BCUT2D eigenvalue weighted by atomic mass is 10.1. The van der Waals surface area contributed by atoms with E-state index in [1.807, 2.05) is 79.7 Å². The summed E-state index contributed by atoms with van der Waals surface area (Å²) >= 11 is 0. The molecule has 1 N–H and O–H groups in total. The predicted molar refractivity (Wildman–Crippen MR) is 128 cm³/mol. The quantitative estimate of drug-likeness (QED) is 0.355. The Morgan fingerprint density at radius 1 is 0.938 bits per heavy atom. The zero-order valence-corrected chi connectivity index (χ0v) is 18.5. The normalized spacial score (nSPS) is 10.9. The molecule has 4 aromatic rings. The molecule has 0 atom stereocenters. The Hall–Kier alpha value is -3.60. The number of aryl methyl sites for hydroxylation is 2. The second-order valence-electron chi connectivity index (χ2n) is 7.91. The van der Waals surface area contributed by atoms with Crippen LogP contribution in [0.2, 0.25) is 0 Å². The van der Waals surface area contributed by atoms with Crippen LogP contribution in [0.25, 0.3) is 11.0 Å². The molecule has 5 heteroatoms. The first-order valence-electron chi connectivity index (χ1n) is 11.2.